The van der Waals surface area contributed by atoms with Gasteiger partial charge in [-0.05, 0) is 49.4 Å². The highest BCUT2D eigenvalue weighted by atomic mass is 28.4. The summed E-state index contributed by atoms with van der Waals surface area (Å²) in [6.45, 7) is 17.0. The smallest absolute Gasteiger partial charge is 0.228 e. The number of carbonyl (C=O) groups excluding carboxylic acids is 1. The number of rotatable bonds is 5. The molecule has 1 heterocycles. The Morgan fingerprint density at radius 3 is 2.38 bits per heavy atom. The molecule has 0 bridgehead atoms. The SMILES string of the molecule is C=C=C(C1CC1)[C@H]1NC(=O)[C@@H]1[C@@H](C)O[Si](C)(C)C(C)(C)C. The van der Waals surface area contributed by atoms with Gasteiger partial charge in [-0.2, -0.15) is 0 Å². The van der Waals surface area contributed by atoms with Crippen LogP contribution in [0.4, 0.5) is 0 Å². The molecule has 2 aliphatic rings. The average Bonchev–Trinajstić information content (AvgIpc) is 3.10. The van der Waals surface area contributed by atoms with Crippen LogP contribution in [-0.4, -0.2) is 26.4 Å². The maximum absolute atomic E-state index is 12.0. The second-order valence-electron chi connectivity index (χ2n) is 8.00. The third-order valence-electron chi connectivity index (χ3n) is 5.31. The standard InChI is InChI=1S/C17H29NO2Si/c1-8-13(12-9-10-12)15-14(16(19)18-15)11(2)20-21(6,7)17(3,4)5/h11-12,14-15H,1,9-10H2,2-7H3,(H,18,19)/t11-,14-,15-/m1/s1. The van der Waals surface area contributed by atoms with E-state index in [0.29, 0.717) is 5.92 Å². The van der Waals surface area contributed by atoms with Gasteiger partial charge in [0.25, 0.3) is 0 Å². The normalized spacial score (nSPS) is 27.4. The minimum absolute atomic E-state index is 0.0493. The third-order valence-corrected chi connectivity index (χ3v) is 9.88. The first-order valence-electron chi connectivity index (χ1n) is 7.96. The van der Waals surface area contributed by atoms with E-state index >= 15 is 0 Å². The van der Waals surface area contributed by atoms with Crippen molar-refractivity contribution in [1.29, 1.82) is 0 Å². The van der Waals surface area contributed by atoms with Crippen molar-refractivity contribution in [3.8, 4) is 0 Å². The van der Waals surface area contributed by atoms with Crippen LogP contribution in [-0.2, 0) is 9.22 Å². The summed E-state index contributed by atoms with van der Waals surface area (Å²) in [6, 6.07) is 0.0854. The van der Waals surface area contributed by atoms with E-state index in [-0.39, 0.29) is 29.0 Å². The summed E-state index contributed by atoms with van der Waals surface area (Å²) in [7, 11) is -1.85. The molecule has 1 saturated carbocycles. The van der Waals surface area contributed by atoms with Gasteiger partial charge in [0, 0.05) is 0 Å². The van der Waals surface area contributed by atoms with E-state index < -0.39 is 8.32 Å². The van der Waals surface area contributed by atoms with E-state index in [1.165, 1.54) is 18.4 Å². The number of nitrogens with one attached hydrogen (secondary N) is 1. The van der Waals surface area contributed by atoms with Crippen LogP contribution in [0.2, 0.25) is 18.1 Å². The first-order valence-corrected chi connectivity index (χ1v) is 10.9. The quantitative estimate of drug-likeness (QED) is 0.478. The van der Waals surface area contributed by atoms with E-state index in [1.54, 1.807) is 0 Å². The Balaban J connectivity index is 2.09. The van der Waals surface area contributed by atoms with Crippen molar-refractivity contribution in [2.75, 3.05) is 0 Å². The Bertz CT molecular complexity index is 482. The van der Waals surface area contributed by atoms with Crippen molar-refractivity contribution >= 4 is 14.2 Å². The molecule has 3 atom stereocenters. The molecule has 0 unspecified atom stereocenters. The highest BCUT2D eigenvalue weighted by Crippen LogP contribution is 2.43. The molecule has 1 aliphatic heterocycles. The van der Waals surface area contributed by atoms with Crippen LogP contribution in [0.1, 0.15) is 40.5 Å². The van der Waals surface area contributed by atoms with Crippen molar-refractivity contribution < 1.29 is 9.22 Å². The zero-order valence-corrected chi connectivity index (χ0v) is 15.2. The third kappa shape index (κ3) is 3.18. The summed E-state index contributed by atoms with van der Waals surface area (Å²) in [5, 5.41) is 3.18. The fraction of sp³-hybridized carbons (Fsp3) is 0.765. The number of β-lactam (4-membered cyclic amide) rings is 1. The van der Waals surface area contributed by atoms with Gasteiger partial charge in [0.1, 0.15) is 0 Å². The fourth-order valence-electron chi connectivity index (χ4n) is 2.77. The van der Waals surface area contributed by atoms with Gasteiger partial charge < -0.3 is 9.74 Å². The molecule has 21 heavy (non-hydrogen) atoms. The van der Waals surface area contributed by atoms with Crippen LogP contribution in [0.5, 0.6) is 0 Å². The van der Waals surface area contributed by atoms with Crippen LogP contribution in [0.15, 0.2) is 17.9 Å². The maximum Gasteiger partial charge on any atom is 0.228 e. The molecule has 1 aliphatic carbocycles. The van der Waals surface area contributed by atoms with Crippen LogP contribution < -0.4 is 5.32 Å². The average molecular weight is 308 g/mol. The molecule has 3 nitrogen and oxygen atoms in total. The van der Waals surface area contributed by atoms with Gasteiger partial charge in [-0.1, -0.05) is 27.4 Å². The monoisotopic (exact) mass is 307 g/mol. The van der Waals surface area contributed by atoms with Crippen LogP contribution in [0, 0.1) is 11.8 Å². The Hall–Kier alpha value is -0.833. The van der Waals surface area contributed by atoms with E-state index in [1.807, 2.05) is 6.92 Å². The van der Waals surface area contributed by atoms with Gasteiger partial charge in [-0.15, -0.1) is 5.73 Å². The number of hydrogen-bond acceptors (Lipinski definition) is 2. The first kappa shape index (κ1) is 16.5. The molecule has 0 aromatic heterocycles. The van der Waals surface area contributed by atoms with Crippen molar-refractivity contribution in [3.63, 3.8) is 0 Å². The van der Waals surface area contributed by atoms with Gasteiger partial charge >= 0.3 is 0 Å². The molecule has 2 rings (SSSR count). The molecular weight excluding hydrogens is 278 g/mol. The second-order valence-corrected chi connectivity index (χ2v) is 12.8. The first-order chi connectivity index (χ1) is 9.58. The van der Waals surface area contributed by atoms with Gasteiger partial charge in [0.2, 0.25) is 5.91 Å². The molecule has 0 spiro atoms. The number of carbonyl (C=O) groups is 1. The lowest BCUT2D eigenvalue weighted by Crippen LogP contribution is -2.64. The molecule has 1 N–H and O–H groups in total. The molecule has 0 aromatic rings. The maximum atomic E-state index is 12.0. The molecule has 0 radical (unpaired) electrons. The van der Waals surface area contributed by atoms with Crippen molar-refractivity contribution in [1.82, 2.24) is 5.32 Å². The van der Waals surface area contributed by atoms with Gasteiger partial charge in [0.15, 0.2) is 8.32 Å². The fourth-order valence-corrected chi connectivity index (χ4v) is 4.20. The van der Waals surface area contributed by atoms with Gasteiger partial charge in [-0.25, -0.2) is 0 Å². The summed E-state index contributed by atoms with van der Waals surface area (Å²) in [5.74, 6) is 0.610. The van der Waals surface area contributed by atoms with Crippen LogP contribution in [0.3, 0.4) is 0 Å². The molecule has 4 heteroatoms. The molecule has 2 fully saturated rings. The summed E-state index contributed by atoms with van der Waals surface area (Å²) in [6.07, 6.45) is 2.36. The predicted molar refractivity (Wildman–Crippen MR) is 88.5 cm³/mol. The molecule has 1 saturated heterocycles. The molecular formula is C17H29NO2Si. The predicted octanol–water partition coefficient (Wildman–Crippen LogP) is 3.63. The lowest BCUT2D eigenvalue weighted by Gasteiger charge is -2.45. The van der Waals surface area contributed by atoms with E-state index in [0.717, 1.165) is 0 Å². The highest BCUT2D eigenvalue weighted by molar-refractivity contribution is 6.74. The van der Waals surface area contributed by atoms with Crippen molar-refractivity contribution in [2.45, 2.75) is 70.8 Å². The van der Waals surface area contributed by atoms with Gasteiger partial charge in [-0.3, -0.25) is 4.79 Å². The molecule has 118 valence electrons. The Morgan fingerprint density at radius 1 is 1.43 bits per heavy atom. The largest absolute Gasteiger partial charge is 0.413 e. The molecule has 0 aromatic carbocycles. The van der Waals surface area contributed by atoms with E-state index in [2.05, 4.69) is 51.5 Å². The van der Waals surface area contributed by atoms with Crippen molar-refractivity contribution in [2.24, 2.45) is 11.8 Å². The summed E-state index contributed by atoms with van der Waals surface area (Å²) in [4.78, 5) is 12.0. The number of hydrogen-bond donors (Lipinski definition) is 1. The molecule has 1 amide bonds. The minimum Gasteiger partial charge on any atom is -0.413 e. The topological polar surface area (TPSA) is 38.3 Å². The summed E-state index contributed by atoms with van der Waals surface area (Å²) >= 11 is 0. The minimum atomic E-state index is -1.85. The zero-order valence-electron chi connectivity index (χ0n) is 14.2. The van der Waals surface area contributed by atoms with E-state index in [9.17, 15) is 4.79 Å². The second kappa shape index (κ2) is 5.42. The lowest BCUT2D eigenvalue weighted by atomic mass is 9.80. The van der Waals surface area contributed by atoms with Crippen LogP contribution in [0.25, 0.3) is 0 Å². The van der Waals surface area contributed by atoms with E-state index in [4.69, 9.17) is 4.43 Å². The van der Waals surface area contributed by atoms with Crippen LogP contribution >= 0.6 is 0 Å². The zero-order chi connectivity index (χ0) is 16.0. The number of amides is 1. The Morgan fingerprint density at radius 2 is 2.00 bits per heavy atom. The highest BCUT2D eigenvalue weighted by Gasteiger charge is 2.50. The Kier molecular flexibility index (Phi) is 4.27. The summed E-state index contributed by atoms with van der Waals surface area (Å²) < 4.78 is 6.42. The summed E-state index contributed by atoms with van der Waals surface area (Å²) in [5.41, 5.74) is 4.26. The van der Waals surface area contributed by atoms with Crippen molar-refractivity contribution in [3.05, 3.63) is 17.9 Å². The Labute approximate surface area is 130 Å². The van der Waals surface area contributed by atoms with Gasteiger partial charge in [0.05, 0.1) is 18.1 Å². The lowest BCUT2D eigenvalue weighted by molar-refractivity contribution is -0.138.